The Morgan fingerprint density at radius 1 is 1.17 bits per heavy atom. The molecule has 0 aromatic heterocycles. The Labute approximate surface area is 200 Å². The highest BCUT2D eigenvalue weighted by Gasteiger charge is 2.32. The Kier molecular flexibility index (Phi) is 7.28. The zero-order chi connectivity index (χ0) is 21.8. The zero-order valence-corrected chi connectivity index (χ0v) is 20.2. The molecular formula is C20H17I2N3O5. The minimum absolute atomic E-state index is 0.0337. The minimum atomic E-state index is -0.442. The third-order valence-electron chi connectivity index (χ3n) is 4.27. The Bertz CT molecular complexity index is 1010. The first-order chi connectivity index (χ1) is 14.3. The van der Waals surface area contributed by atoms with E-state index in [4.69, 9.17) is 4.74 Å². The molecule has 1 N–H and O–H groups in total. The van der Waals surface area contributed by atoms with Crippen LogP contribution in [0.3, 0.4) is 0 Å². The highest BCUT2D eigenvalue weighted by atomic mass is 127. The van der Waals surface area contributed by atoms with E-state index in [0.29, 0.717) is 18.7 Å². The first-order valence-corrected chi connectivity index (χ1v) is 11.2. The van der Waals surface area contributed by atoms with Crippen molar-refractivity contribution in [2.75, 3.05) is 6.54 Å². The van der Waals surface area contributed by atoms with Crippen LogP contribution in [0, 0.1) is 17.3 Å². The number of non-ortho nitro benzene ring substituents is 1. The normalized spacial score (nSPS) is 14.9. The molecular weight excluding hydrogens is 616 g/mol. The van der Waals surface area contributed by atoms with Gasteiger partial charge in [-0.25, -0.2) is 4.79 Å². The summed E-state index contributed by atoms with van der Waals surface area (Å²) in [6.45, 7) is 2.56. The van der Waals surface area contributed by atoms with E-state index in [0.717, 1.165) is 18.3 Å². The maximum Gasteiger partial charge on any atom is 0.329 e. The van der Waals surface area contributed by atoms with Crippen LogP contribution in [-0.2, 0) is 11.4 Å². The number of ether oxygens (including phenoxy) is 1. The van der Waals surface area contributed by atoms with Crippen LogP contribution >= 0.6 is 45.2 Å². The Morgan fingerprint density at radius 3 is 2.37 bits per heavy atom. The standard InChI is InChI=1S/C20H17I2N3O5/c1-2-7-24-19(26)17(23-20(24)27)10-13-8-15(21)18(16(22)9-13)30-11-12-3-5-14(6-4-12)25(28)29/h3-6,8-10H,2,7,11H2,1H3,(H,23,27)/b17-10+. The average molecular weight is 633 g/mol. The molecule has 0 unspecified atom stereocenters. The lowest BCUT2D eigenvalue weighted by Crippen LogP contribution is -2.31. The molecule has 3 amide bonds. The summed E-state index contributed by atoms with van der Waals surface area (Å²) in [6, 6.07) is 9.53. The molecule has 0 bridgehead atoms. The Morgan fingerprint density at radius 2 is 1.80 bits per heavy atom. The van der Waals surface area contributed by atoms with E-state index in [1.165, 1.54) is 17.0 Å². The maximum absolute atomic E-state index is 12.4. The molecule has 1 saturated heterocycles. The van der Waals surface area contributed by atoms with Gasteiger partial charge in [0.1, 0.15) is 18.1 Å². The van der Waals surface area contributed by atoms with Gasteiger partial charge in [-0.3, -0.25) is 19.8 Å². The number of nitrogens with zero attached hydrogens (tertiary/aromatic N) is 2. The average Bonchev–Trinajstić information content (AvgIpc) is 2.95. The predicted octanol–water partition coefficient (Wildman–Crippen LogP) is 4.69. The number of nitrogens with one attached hydrogen (secondary N) is 1. The van der Waals surface area contributed by atoms with Crippen molar-refractivity contribution >= 4 is 68.9 Å². The number of nitro benzene ring substituents is 1. The lowest BCUT2D eigenvalue weighted by atomic mass is 10.2. The monoisotopic (exact) mass is 633 g/mol. The maximum atomic E-state index is 12.4. The van der Waals surface area contributed by atoms with E-state index in [2.05, 4.69) is 50.5 Å². The van der Waals surface area contributed by atoms with Crippen molar-refractivity contribution < 1.29 is 19.2 Å². The number of carbonyl (C=O) groups is 2. The van der Waals surface area contributed by atoms with Gasteiger partial charge in [-0.2, -0.15) is 0 Å². The molecule has 1 aliphatic rings. The lowest BCUT2D eigenvalue weighted by Gasteiger charge is -2.12. The first-order valence-electron chi connectivity index (χ1n) is 9.00. The Hall–Kier alpha value is -2.22. The second-order valence-electron chi connectivity index (χ2n) is 6.47. The van der Waals surface area contributed by atoms with Crippen LogP contribution in [0.25, 0.3) is 6.08 Å². The largest absolute Gasteiger partial charge is 0.487 e. The van der Waals surface area contributed by atoms with E-state index in [9.17, 15) is 19.7 Å². The smallest absolute Gasteiger partial charge is 0.329 e. The third-order valence-corrected chi connectivity index (χ3v) is 5.87. The predicted molar refractivity (Wildman–Crippen MR) is 128 cm³/mol. The van der Waals surface area contributed by atoms with Crippen LogP contribution in [0.15, 0.2) is 42.1 Å². The Balaban J connectivity index is 1.75. The molecule has 2 aromatic carbocycles. The van der Waals surface area contributed by atoms with Crippen molar-refractivity contribution in [1.82, 2.24) is 10.2 Å². The molecule has 0 radical (unpaired) electrons. The minimum Gasteiger partial charge on any atom is -0.487 e. The van der Waals surface area contributed by atoms with Gasteiger partial charge in [-0.15, -0.1) is 0 Å². The second-order valence-corrected chi connectivity index (χ2v) is 8.80. The molecule has 2 aromatic rings. The summed E-state index contributed by atoms with van der Waals surface area (Å²) in [6.07, 6.45) is 2.35. The lowest BCUT2D eigenvalue weighted by molar-refractivity contribution is -0.384. The van der Waals surface area contributed by atoms with E-state index in [1.54, 1.807) is 18.2 Å². The molecule has 156 valence electrons. The molecule has 10 heteroatoms. The summed E-state index contributed by atoms with van der Waals surface area (Å²) < 4.78 is 7.60. The number of amides is 3. The fourth-order valence-electron chi connectivity index (χ4n) is 2.84. The van der Waals surface area contributed by atoms with Gasteiger partial charge in [0.05, 0.1) is 12.1 Å². The first kappa shape index (κ1) is 22.5. The fraction of sp³-hybridized carbons (Fsp3) is 0.200. The zero-order valence-electron chi connectivity index (χ0n) is 15.9. The highest BCUT2D eigenvalue weighted by molar-refractivity contribution is 14.1. The van der Waals surface area contributed by atoms with Crippen LogP contribution in [0.4, 0.5) is 10.5 Å². The molecule has 0 spiro atoms. The van der Waals surface area contributed by atoms with Crippen molar-refractivity contribution in [3.05, 3.63) is 70.5 Å². The van der Waals surface area contributed by atoms with Crippen molar-refractivity contribution in [2.45, 2.75) is 20.0 Å². The highest BCUT2D eigenvalue weighted by Crippen LogP contribution is 2.31. The summed E-state index contributed by atoms with van der Waals surface area (Å²) in [5.41, 5.74) is 1.87. The number of nitro groups is 1. The fourth-order valence-corrected chi connectivity index (χ4v) is 4.96. The number of hydrogen-bond acceptors (Lipinski definition) is 5. The van der Waals surface area contributed by atoms with Gasteiger partial charge < -0.3 is 10.1 Å². The van der Waals surface area contributed by atoms with Gasteiger partial charge in [0.25, 0.3) is 11.6 Å². The molecule has 0 atom stereocenters. The molecule has 1 aliphatic heterocycles. The van der Waals surface area contributed by atoms with Gasteiger partial charge in [0, 0.05) is 18.7 Å². The van der Waals surface area contributed by atoms with Crippen molar-refractivity contribution in [1.29, 1.82) is 0 Å². The van der Waals surface area contributed by atoms with Crippen LogP contribution in [-0.4, -0.2) is 28.3 Å². The van der Waals surface area contributed by atoms with Gasteiger partial charge in [0.15, 0.2) is 0 Å². The summed E-state index contributed by atoms with van der Waals surface area (Å²) >= 11 is 4.30. The molecule has 3 rings (SSSR count). The SMILES string of the molecule is CCCN1C(=O)N/C(=C/c2cc(I)c(OCc3ccc([N+](=O)[O-])cc3)c(I)c2)C1=O. The molecule has 0 saturated carbocycles. The molecule has 1 fully saturated rings. The number of halogens is 2. The molecule has 0 aliphatic carbocycles. The summed E-state index contributed by atoms with van der Waals surface area (Å²) in [4.78, 5) is 35.8. The van der Waals surface area contributed by atoms with Crippen LogP contribution in [0.2, 0.25) is 0 Å². The molecule has 1 heterocycles. The number of benzene rings is 2. The van der Waals surface area contributed by atoms with Crippen molar-refractivity contribution in [2.24, 2.45) is 0 Å². The van der Waals surface area contributed by atoms with Crippen molar-refractivity contribution in [3.8, 4) is 5.75 Å². The number of urea groups is 1. The van der Waals surface area contributed by atoms with E-state index in [1.807, 2.05) is 19.1 Å². The van der Waals surface area contributed by atoms with Gasteiger partial charge in [0.2, 0.25) is 0 Å². The number of hydrogen-bond donors (Lipinski definition) is 1. The number of carbonyl (C=O) groups excluding carboxylic acids is 2. The van der Waals surface area contributed by atoms with E-state index < -0.39 is 11.0 Å². The molecule has 8 nitrogen and oxygen atoms in total. The van der Waals surface area contributed by atoms with Gasteiger partial charge >= 0.3 is 6.03 Å². The van der Waals surface area contributed by atoms with Crippen LogP contribution in [0.1, 0.15) is 24.5 Å². The topological polar surface area (TPSA) is 102 Å². The van der Waals surface area contributed by atoms with Gasteiger partial charge in [-0.05, 0) is 93.1 Å². The van der Waals surface area contributed by atoms with Crippen LogP contribution in [0.5, 0.6) is 5.75 Å². The van der Waals surface area contributed by atoms with Gasteiger partial charge in [-0.1, -0.05) is 6.92 Å². The van der Waals surface area contributed by atoms with Crippen molar-refractivity contribution in [3.63, 3.8) is 0 Å². The second kappa shape index (κ2) is 9.73. The third kappa shape index (κ3) is 5.09. The van der Waals surface area contributed by atoms with E-state index >= 15 is 0 Å². The van der Waals surface area contributed by atoms with Crippen LogP contribution < -0.4 is 10.1 Å². The number of rotatable bonds is 7. The summed E-state index contributed by atoms with van der Waals surface area (Å²) in [5, 5.41) is 13.4. The summed E-state index contributed by atoms with van der Waals surface area (Å²) in [5.74, 6) is 0.358. The summed E-state index contributed by atoms with van der Waals surface area (Å²) in [7, 11) is 0. The molecule has 30 heavy (non-hydrogen) atoms. The van der Waals surface area contributed by atoms with E-state index in [-0.39, 0.29) is 23.9 Å². The number of imide groups is 1. The quantitative estimate of drug-likeness (QED) is 0.157.